The van der Waals surface area contributed by atoms with E-state index in [4.69, 9.17) is 4.74 Å². The number of anilines is 1. The van der Waals surface area contributed by atoms with Gasteiger partial charge in [-0.3, -0.25) is 24.1 Å². The second-order valence-electron chi connectivity index (χ2n) is 13.8. The van der Waals surface area contributed by atoms with Gasteiger partial charge in [0.1, 0.15) is 0 Å². The van der Waals surface area contributed by atoms with Crippen molar-refractivity contribution in [3.05, 3.63) is 143 Å². The summed E-state index contributed by atoms with van der Waals surface area (Å²) in [6.07, 6.45) is 3.77. The third-order valence-corrected chi connectivity index (χ3v) is 11.3. The lowest BCUT2D eigenvalue weighted by Gasteiger charge is -2.55. The Morgan fingerprint density at radius 3 is 2.31 bits per heavy atom. The number of phenols is 1. The first kappa shape index (κ1) is 33.1. The van der Waals surface area contributed by atoms with Crippen LogP contribution < -0.4 is 9.64 Å². The van der Waals surface area contributed by atoms with E-state index in [1.807, 2.05) is 54.6 Å². The van der Waals surface area contributed by atoms with Gasteiger partial charge in [-0.05, 0) is 78.8 Å². The molecule has 3 aliphatic carbocycles. The number of ketones is 2. The van der Waals surface area contributed by atoms with Crippen LogP contribution in [0.15, 0.2) is 121 Å². The number of nitrogens with zero attached hydrogens (tertiary/aromatic N) is 1. The Morgan fingerprint density at radius 2 is 1.60 bits per heavy atom. The summed E-state index contributed by atoms with van der Waals surface area (Å²) in [5, 5.41) is 20.4. The average molecular weight is 694 g/mol. The van der Waals surface area contributed by atoms with Crippen molar-refractivity contribution in [1.29, 1.82) is 0 Å². The number of allylic oxidation sites excluding steroid dienone is 4. The van der Waals surface area contributed by atoms with Crippen LogP contribution in [0.5, 0.6) is 11.5 Å². The number of carboxylic acids is 1. The van der Waals surface area contributed by atoms with Crippen LogP contribution in [-0.2, 0) is 24.6 Å². The van der Waals surface area contributed by atoms with E-state index in [0.717, 1.165) is 10.5 Å². The minimum absolute atomic E-state index is 0.0545. The van der Waals surface area contributed by atoms with Crippen molar-refractivity contribution in [3.63, 3.8) is 0 Å². The van der Waals surface area contributed by atoms with Crippen LogP contribution >= 0.6 is 0 Å². The van der Waals surface area contributed by atoms with Crippen molar-refractivity contribution in [1.82, 2.24) is 0 Å². The number of rotatable bonds is 7. The van der Waals surface area contributed by atoms with Gasteiger partial charge >= 0.3 is 5.97 Å². The predicted molar refractivity (Wildman–Crippen MR) is 192 cm³/mol. The topological polar surface area (TPSA) is 138 Å². The molecule has 0 unspecified atom stereocenters. The molecule has 1 heterocycles. The van der Waals surface area contributed by atoms with Crippen LogP contribution in [0.2, 0.25) is 0 Å². The van der Waals surface area contributed by atoms with Crippen molar-refractivity contribution in [2.45, 2.75) is 31.1 Å². The van der Waals surface area contributed by atoms with E-state index in [-0.39, 0.29) is 53.8 Å². The highest BCUT2D eigenvalue weighted by atomic mass is 16.5. The number of hydrogen-bond acceptors (Lipinski definition) is 7. The van der Waals surface area contributed by atoms with Crippen LogP contribution in [0.3, 0.4) is 0 Å². The summed E-state index contributed by atoms with van der Waals surface area (Å²) in [6, 6.07) is 29.0. The first-order chi connectivity index (χ1) is 25.2. The first-order valence-electron chi connectivity index (χ1n) is 17.4. The molecule has 4 aromatic rings. The molecule has 0 bridgehead atoms. The fourth-order valence-electron chi connectivity index (χ4n) is 9.26. The summed E-state index contributed by atoms with van der Waals surface area (Å²) in [5.74, 6) is -6.29. The summed E-state index contributed by atoms with van der Waals surface area (Å²) < 4.78 is 5.81. The number of ether oxygens (including phenoxy) is 1. The van der Waals surface area contributed by atoms with Crippen LogP contribution in [0.25, 0.3) is 5.57 Å². The Bertz CT molecular complexity index is 2220. The van der Waals surface area contributed by atoms with Crippen molar-refractivity contribution < 1.29 is 38.9 Å². The number of benzene rings is 4. The number of aromatic carboxylic acids is 1. The Morgan fingerprint density at radius 1 is 0.865 bits per heavy atom. The smallest absolute Gasteiger partial charge is 0.335 e. The van der Waals surface area contributed by atoms with Gasteiger partial charge in [0, 0.05) is 17.4 Å². The molecule has 0 radical (unpaired) electrons. The van der Waals surface area contributed by atoms with Gasteiger partial charge < -0.3 is 14.9 Å². The minimum Gasteiger partial charge on any atom is -0.504 e. The van der Waals surface area contributed by atoms with Gasteiger partial charge in [0.15, 0.2) is 23.1 Å². The predicted octanol–water partition coefficient (Wildman–Crippen LogP) is 6.52. The minimum atomic E-state index is -1.42. The zero-order valence-electron chi connectivity index (χ0n) is 28.3. The number of amides is 2. The molecule has 0 spiro atoms. The van der Waals surface area contributed by atoms with Crippen LogP contribution in [0, 0.1) is 23.7 Å². The lowest BCUT2D eigenvalue weighted by atomic mass is 9.44. The summed E-state index contributed by atoms with van der Waals surface area (Å²) in [4.78, 5) is 71.8. The Hall–Kier alpha value is -6.09. The molecular formula is C43H35NO8. The van der Waals surface area contributed by atoms with Gasteiger partial charge in [0.2, 0.25) is 11.8 Å². The van der Waals surface area contributed by atoms with Crippen LogP contribution in [-0.4, -0.2) is 46.2 Å². The second-order valence-corrected chi connectivity index (χ2v) is 13.8. The second kappa shape index (κ2) is 12.6. The SMILES string of the molecule is CCOc1cc([C@H]2C3=CC[C@@H]4C(=O)N(c5cccc(C(=O)O)c5)C(=O)[C@@H]4[C@@H]3C[C@H]3C(=O)C(c4ccccc4)=CC(=O)[C@@]23c2ccccc2)ccc1O. The lowest BCUT2D eigenvalue weighted by molar-refractivity contribution is -0.135. The fourth-order valence-corrected chi connectivity index (χ4v) is 9.26. The normalized spacial score (nSPS) is 26.6. The summed E-state index contributed by atoms with van der Waals surface area (Å²) in [6.45, 7) is 2.08. The van der Waals surface area contributed by atoms with Gasteiger partial charge in [0.05, 0.1) is 35.1 Å². The number of imide groups is 1. The Labute approximate surface area is 299 Å². The Balaban J connectivity index is 1.35. The zero-order chi connectivity index (χ0) is 36.3. The maximum Gasteiger partial charge on any atom is 0.335 e. The number of carboxylic acid groups (broad SMARTS) is 1. The number of fused-ring (bicyclic) bond motifs is 4. The average Bonchev–Trinajstić information content (AvgIpc) is 3.42. The number of phenolic OH excluding ortho intramolecular Hbond substituents is 1. The number of carbonyl (C=O) groups is 5. The van der Waals surface area contributed by atoms with Gasteiger partial charge in [-0.25, -0.2) is 4.79 Å². The maximum absolute atomic E-state index is 15.2. The van der Waals surface area contributed by atoms with Crippen LogP contribution in [0.1, 0.15) is 52.7 Å². The van der Waals surface area contributed by atoms with Gasteiger partial charge in [-0.1, -0.05) is 84.4 Å². The van der Waals surface area contributed by atoms with Gasteiger partial charge in [0.25, 0.3) is 0 Å². The van der Waals surface area contributed by atoms with E-state index in [1.165, 1.54) is 30.3 Å². The van der Waals surface area contributed by atoms with E-state index < -0.39 is 52.8 Å². The van der Waals surface area contributed by atoms with E-state index in [1.54, 1.807) is 37.3 Å². The molecule has 2 fully saturated rings. The summed E-state index contributed by atoms with van der Waals surface area (Å²) in [5.41, 5.74) is 1.66. The van der Waals surface area contributed by atoms with Crippen molar-refractivity contribution in [2.24, 2.45) is 23.7 Å². The number of Topliss-reactive ketones (excluding diaryl/α,β-unsaturated/α-hetero) is 1. The van der Waals surface area contributed by atoms with Gasteiger partial charge in [-0.2, -0.15) is 0 Å². The van der Waals surface area contributed by atoms with E-state index in [0.29, 0.717) is 22.3 Å². The van der Waals surface area contributed by atoms with Gasteiger partial charge in [-0.15, -0.1) is 0 Å². The Kier molecular flexibility index (Phi) is 8.01. The molecule has 6 atom stereocenters. The standard InChI is InChI=1S/C43H35NO8/c1-2-52-35-21-25(16-19-34(35)45)38-29-17-18-30-37(41(49)44(40(30)48)28-15-9-12-26(20-28)42(50)51)32(29)22-33-39(47)31(24-10-5-3-6-11-24)23-36(46)43(33,38)27-13-7-4-8-14-27/h3-17,19-21,23,30,32-33,37-38,45H,2,18,22H2,1H3,(H,50,51)/t30-,32+,33-,37-,38-,43-/m0/s1. The molecule has 1 saturated carbocycles. The largest absolute Gasteiger partial charge is 0.504 e. The van der Waals surface area contributed by atoms with E-state index in [9.17, 15) is 24.6 Å². The molecule has 4 aliphatic rings. The molecule has 2 amide bonds. The molecule has 1 saturated heterocycles. The molecule has 52 heavy (non-hydrogen) atoms. The monoisotopic (exact) mass is 693 g/mol. The molecule has 2 N–H and O–H groups in total. The third-order valence-electron chi connectivity index (χ3n) is 11.3. The van der Waals surface area contributed by atoms with Crippen LogP contribution in [0.4, 0.5) is 5.69 Å². The first-order valence-corrected chi connectivity index (χ1v) is 17.4. The van der Waals surface area contributed by atoms with Crippen molar-refractivity contribution in [2.75, 3.05) is 11.5 Å². The summed E-state index contributed by atoms with van der Waals surface area (Å²) in [7, 11) is 0. The highest BCUT2D eigenvalue weighted by Gasteiger charge is 2.66. The summed E-state index contributed by atoms with van der Waals surface area (Å²) >= 11 is 0. The quantitative estimate of drug-likeness (QED) is 0.165. The number of aromatic hydroxyl groups is 1. The maximum atomic E-state index is 15.2. The molecule has 9 heteroatoms. The number of carbonyl (C=O) groups excluding carboxylic acids is 4. The highest BCUT2D eigenvalue weighted by Crippen LogP contribution is 2.64. The molecular weight excluding hydrogens is 658 g/mol. The molecule has 260 valence electrons. The van der Waals surface area contributed by atoms with Crippen molar-refractivity contribution >= 4 is 40.6 Å². The number of hydrogen-bond donors (Lipinski definition) is 2. The van der Waals surface area contributed by atoms with E-state index in [2.05, 4.69) is 0 Å². The van der Waals surface area contributed by atoms with E-state index >= 15 is 9.59 Å². The molecule has 0 aromatic heterocycles. The van der Waals surface area contributed by atoms with Crippen molar-refractivity contribution in [3.8, 4) is 11.5 Å². The lowest BCUT2D eigenvalue weighted by Crippen LogP contribution is -2.58. The molecule has 9 nitrogen and oxygen atoms in total. The molecule has 8 rings (SSSR count). The highest BCUT2D eigenvalue weighted by molar-refractivity contribution is 6.32. The zero-order valence-corrected chi connectivity index (χ0v) is 28.3. The fraction of sp³-hybridized carbons (Fsp3) is 0.233. The molecule has 1 aliphatic heterocycles. The third kappa shape index (κ3) is 4.87. The molecule has 4 aromatic carbocycles.